The second-order valence-corrected chi connectivity index (χ2v) is 3.90. The molecular formula is C12H18FNO2. The zero-order chi connectivity index (χ0) is 12.3. The SMILES string of the molecule is COc1c(F)cc(C)c(CC(C)N)c1OC. The molecule has 1 unspecified atom stereocenters. The van der Waals surface area contributed by atoms with Crippen LogP contribution in [0.3, 0.4) is 0 Å². The molecule has 1 aromatic carbocycles. The van der Waals surface area contributed by atoms with Gasteiger partial charge in [0.05, 0.1) is 14.2 Å². The lowest BCUT2D eigenvalue weighted by Gasteiger charge is -2.17. The van der Waals surface area contributed by atoms with Gasteiger partial charge in [-0.05, 0) is 31.9 Å². The van der Waals surface area contributed by atoms with Gasteiger partial charge in [-0.25, -0.2) is 4.39 Å². The van der Waals surface area contributed by atoms with E-state index in [1.54, 1.807) is 0 Å². The van der Waals surface area contributed by atoms with Crippen LogP contribution in [0.5, 0.6) is 11.5 Å². The number of ether oxygens (including phenoxy) is 2. The number of benzene rings is 1. The lowest BCUT2D eigenvalue weighted by Crippen LogP contribution is -2.19. The van der Waals surface area contributed by atoms with E-state index in [2.05, 4.69) is 0 Å². The predicted octanol–water partition coefficient (Wildman–Crippen LogP) is 2.04. The minimum absolute atomic E-state index is 0.0113. The Morgan fingerprint density at radius 1 is 1.31 bits per heavy atom. The normalized spacial score (nSPS) is 12.4. The van der Waals surface area contributed by atoms with Crippen molar-refractivity contribution in [2.75, 3.05) is 14.2 Å². The number of halogens is 1. The molecule has 0 aliphatic rings. The van der Waals surface area contributed by atoms with Crippen LogP contribution in [0.4, 0.5) is 4.39 Å². The van der Waals surface area contributed by atoms with Crippen LogP contribution in [-0.4, -0.2) is 20.3 Å². The topological polar surface area (TPSA) is 44.5 Å². The van der Waals surface area contributed by atoms with Gasteiger partial charge in [-0.3, -0.25) is 0 Å². The van der Waals surface area contributed by atoms with Crippen molar-refractivity contribution >= 4 is 0 Å². The number of hydrogen-bond donors (Lipinski definition) is 1. The number of hydrogen-bond acceptors (Lipinski definition) is 3. The summed E-state index contributed by atoms with van der Waals surface area (Å²) >= 11 is 0. The summed E-state index contributed by atoms with van der Waals surface area (Å²) in [5, 5.41) is 0. The van der Waals surface area contributed by atoms with Gasteiger partial charge in [0.2, 0.25) is 0 Å². The van der Waals surface area contributed by atoms with Gasteiger partial charge in [0.1, 0.15) is 0 Å². The van der Waals surface area contributed by atoms with E-state index >= 15 is 0 Å². The molecule has 0 aromatic heterocycles. The van der Waals surface area contributed by atoms with Gasteiger partial charge in [0, 0.05) is 11.6 Å². The number of nitrogens with two attached hydrogens (primary N) is 1. The van der Waals surface area contributed by atoms with E-state index in [4.69, 9.17) is 15.2 Å². The Balaban J connectivity index is 3.34. The first-order valence-corrected chi connectivity index (χ1v) is 5.16. The van der Waals surface area contributed by atoms with Crippen LogP contribution in [0.15, 0.2) is 6.07 Å². The molecule has 0 bridgehead atoms. The Kier molecular flexibility index (Phi) is 4.12. The first kappa shape index (κ1) is 12.8. The zero-order valence-corrected chi connectivity index (χ0v) is 10.1. The lowest BCUT2D eigenvalue weighted by atomic mass is 10.00. The van der Waals surface area contributed by atoms with Crippen LogP contribution < -0.4 is 15.2 Å². The third-order valence-corrected chi connectivity index (χ3v) is 2.45. The summed E-state index contributed by atoms with van der Waals surface area (Å²) in [5.41, 5.74) is 7.48. The van der Waals surface area contributed by atoms with E-state index in [1.807, 2.05) is 13.8 Å². The molecular weight excluding hydrogens is 209 g/mol. The quantitative estimate of drug-likeness (QED) is 0.856. The summed E-state index contributed by atoms with van der Waals surface area (Å²) in [7, 11) is 2.92. The number of methoxy groups -OCH3 is 2. The average Bonchev–Trinajstić information content (AvgIpc) is 2.20. The third-order valence-electron chi connectivity index (χ3n) is 2.45. The molecule has 0 heterocycles. The first-order chi connectivity index (χ1) is 7.51. The van der Waals surface area contributed by atoms with Crippen molar-refractivity contribution in [2.45, 2.75) is 26.3 Å². The second-order valence-electron chi connectivity index (χ2n) is 3.90. The maximum Gasteiger partial charge on any atom is 0.197 e. The highest BCUT2D eigenvalue weighted by Crippen LogP contribution is 2.36. The summed E-state index contributed by atoms with van der Waals surface area (Å²) < 4.78 is 23.8. The fraction of sp³-hybridized carbons (Fsp3) is 0.500. The zero-order valence-electron chi connectivity index (χ0n) is 10.1. The Hall–Kier alpha value is -1.29. The minimum Gasteiger partial charge on any atom is -0.492 e. The van der Waals surface area contributed by atoms with Crippen molar-refractivity contribution in [3.63, 3.8) is 0 Å². The molecule has 4 heteroatoms. The van der Waals surface area contributed by atoms with E-state index in [-0.39, 0.29) is 11.8 Å². The highest BCUT2D eigenvalue weighted by molar-refractivity contribution is 5.51. The third kappa shape index (κ3) is 2.44. The Morgan fingerprint density at radius 3 is 2.31 bits per heavy atom. The van der Waals surface area contributed by atoms with Crippen LogP contribution in [0.25, 0.3) is 0 Å². The maximum atomic E-state index is 13.6. The van der Waals surface area contributed by atoms with Crippen molar-refractivity contribution in [3.05, 3.63) is 23.0 Å². The molecule has 0 fully saturated rings. The molecule has 0 saturated heterocycles. The molecule has 0 saturated carbocycles. The van der Waals surface area contributed by atoms with Gasteiger partial charge in [0.25, 0.3) is 0 Å². The van der Waals surface area contributed by atoms with Gasteiger partial charge < -0.3 is 15.2 Å². The van der Waals surface area contributed by atoms with Crippen LogP contribution in [-0.2, 0) is 6.42 Å². The van der Waals surface area contributed by atoms with E-state index in [9.17, 15) is 4.39 Å². The Bertz CT molecular complexity index is 378. The van der Waals surface area contributed by atoms with E-state index in [0.29, 0.717) is 12.2 Å². The fourth-order valence-corrected chi connectivity index (χ4v) is 1.75. The monoisotopic (exact) mass is 227 g/mol. The molecule has 16 heavy (non-hydrogen) atoms. The van der Waals surface area contributed by atoms with Gasteiger partial charge in [0.15, 0.2) is 17.3 Å². The minimum atomic E-state index is -0.412. The summed E-state index contributed by atoms with van der Waals surface area (Å²) in [6.45, 7) is 3.73. The second kappa shape index (κ2) is 5.16. The summed E-state index contributed by atoms with van der Waals surface area (Å²) in [5.74, 6) is 0.173. The molecule has 3 nitrogen and oxygen atoms in total. The molecule has 90 valence electrons. The molecule has 0 amide bonds. The first-order valence-electron chi connectivity index (χ1n) is 5.16. The van der Waals surface area contributed by atoms with E-state index < -0.39 is 5.82 Å². The van der Waals surface area contributed by atoms with Crippen LogP contribution in [0, 0.1) is 12.7 Å². The highest BCUT2D eigenvalue weighted by Gasteiger charge is 2.18. The Labute approximate surface area is 95.4 Å². The van der Waals surface area contributed by atoms with Crippen molar-refractivity contribution in [3.8, 4) is 11.5 Å². The molecule has 1 atom stereocenters. The van der Waals surface area contributed by atoms with Crippen molar-refractivity contribution in [2.24, 2.45) is 5.73 Å². The van der Waals surface area contributed by atoms with Crippen LogP contribution in [0.2, 0.25) is 0 Å². The number of rotatable bonds is 4. The summed E-state index contributed by atoms with van der Waals surface area (Å²) in [6.07, 6.45) is 0.631. The van der Waals surface area contributed by atoms with Crippen molar-refractivity contribution in [1.29, 1.82) is 0 Å². The van der Waals surface area contributed by atoms with Gasteiger partial charge in [-0.2, -0.15) is 0 Å². The summed E-state index contributed by atoms with van der Waals surface area (Å²) in [4.78, 5) is 0. The maximum absolute atomic E-state index is 13.6. The average molecular weight is 227 g/mol. The van der Waals surface area contributed by atoms with E-state index in [1.165, 1.54) is 20.3 Å². The highest BCUT2D eigenvalue weighted by atomic mass is 19.1. The standard InChI is InChI=1S/C12H18FNO2/c1-7-5-10(13)12(16-4)11(15-3)9(7)6-8(2)14/h5,8H,6,14H2,1-4H3. The molecule has 0 radical (unpaired) electrons. The van der Waals surface area contributed by atoms with Crippen LogP contribution in [0.1, 0.15) is 18.1 Å². The molecule has 0 aliphatic heterocycles. The molecule has 2 N–H and O–H groups in total. The van der Waals surface area contributed by atoms with Crippen LogP contribution >= 0.6 is 0 Å². The van der Waals surface area contributed by atoms with E-state index in [0.717, 1.165) is 11.1 Å². The van der Waals surface area contributed by atoms with Gasteiger partial charge in [-0.1, -0.05) is 0 Å². The van der Waals surface area contributed by atoms with Crippen molar-refractivity contribution in [1.82, 2.24) is 0 Å². The van der Waals surface area contributed by atoms with Gasteiger partial charge in [-0.15, -0.1) is 0 Å². The largest absolute Gasteiger partial charge is 0.492 e. The number of aryl methyl sites for hydroxylation is 1. The summed E-state index contributed by atoms with van der Waals surface area (Å²) in [6, 6.07) is 1.43. The molecule has 1 rings (SSSR count). The lowest BCUT2D eigenvalue weighted by molar-refractivity contribution is 0.333. The van der Waals surface area contributed by atoms with Crippen molar-refractivity contribution < 1.29 is 13.9 Å². The molecule has 1 aromatic rings. The van der Waals surface area contributed by atoms with Gasteiger partial charge >= 0.3 is 0 Å². The smallest absolute Gasteiger partial charge is 0.197 e. The molecule has 0 aliphatic carbocycles. The predicted molar refractivity (Wildman–Crippen MR) is 61.6 cm³/mol. The fourth-order valence-electron chi connectivity index (χ4n) is 1.75. The molecule has 0 spiro atoms. The Morgan fingerprint density at radius 2 is 1.88 bits per heavy atom.